The summed E-state index contributed by atoms with van der Waals surface area (Å²) in [5.74, 6) is 0.629. The van der Waals surface area contributed by atoms with Gasteiger partial charge in [0.05, 0.1) is 6.26 Å². The predicted octanol–water partition coefficient (Wildman–Crippen LogP) is 0.988. The van der Waals surface area contributed by atoms with Gasteiger partial charge in [-0.05, 0) is 26.3 Å². The van der Waals surface area contributed by atoms with Gasteiger partial charge in [-0.25, -0.2) is 13.1 Å². The van der Waals surface area contributed by atoms with Crippen molar-refractivity contribution in [1.82, 2.24) is 15.4 Å². The van der Waals surface area contributed by atoms with Crippen LogP contribution in [-0.4, -0.2) is 39.8 Å². The average Bonchev–Trinajstić information content (AvgIpc) is 2.38. The molecule has 1 rings (SSSR count). The molecule has 0 aliphatic carbocycles. The maximum absolute atomic E-state index is 11.3. The molecular formula is C15H26N4O2S. The summed E-state index contributed by atoms with van der Waals surface area (Å²) < 4.78 is 25.2. The minimum atomic E-state index is -3.25. The molecule has 22 heavy (non-hydrogen) atoms. The van der Waals surface area contributed by atoms with Crippen molar-refractivity contribution in [3.05, 3.63) is 35.4 Å². The van der Waals surface area contributed by atoms with Crippen LogP contribution in [0.4, 0.5) is 0 Å². The highest BCUT2D eigenvalue weighted by Gasteiger charge is 2.22. The number of nitrogens with zero attached hydrogens (tertiary/aromatic N) is 1. The Kier molecular flexibility index (Phi) is 6.37. The highest BCUT2D eigenvalue weighted by atomic mass is 32.2. The molecule has 0 bridgehead atoms. The number of aryl methyl sites for hydroxylation is 1. The highest BCUT2D eigenvalue weighted by Crippen LogP contribution is 2.03. The summed E-state index contributed by atoms with van der Waals surface area (Å²) in [4.78, 5) is 4.14. The first-order valence-electron chi connectivity index (χ1n) is 7.10. The molecule has 0 fully saturated rings. The zero-order valence-electron chi connectivity index (χ0n) is 13.9. The minimum Gasteiger partial charge on any atom is -0.355 e. The smallest absolute Gasteiger partial charge is 0.209 e. The zero-order valence-corrected chi connectivity index (χ0v) is 14.7. The van der Waals surface area contributed by atoms with Crippen LogP contribution >= 0.6 is 0 Å². The number of aliphatic imine (C=N–C) groups is 1. The van der Waals surface area contributed by atoms with E-state index in [0.29, 0.717) is 19.0 Å². The lowest BCUT2D eigenvalue weighted by molar-refractivity contribution is 0.446. The molecule has 0 aromatic heterocycles. The lowest BCUT2D eigenvalue weighted by atomic mass is 10.1. The Balaban J connectivity index is 2.50. The SMILES string of the molecule is CN=C(NCc1ccc(C)cc1)NCC(C)(C)NS(C)(=O)=O. The molecular weight excluding hydrogens is 300 g/mol. The Hall–Kier alpha value is -1.60. The predicted molar refractivity (Wildman–Crippen MR) is 91.4 cm³/mol. The monoisotopic (exact) mass is 326 g/mol. The molecule has 0 saturated carbocycles. The second-order valence-electron chi connectivity index (χ2n) is 6.02. The number of sulfonamides is 1. The Bertz CT molecular complexity index is 607. The lowest BCUT2D eigenvalue weighted by Gasteiger charge is -2.26. The molecule has 0 heterocycles. The molecule has 1 aromatic rings. The van der Waals surface area contributed by atoms with E-state index >= 15 is 0 Å². The first-order chi connectivity index (χ1) is 10.1. The van der Waals surface area contributed by atoms with Crippen LogP contribution < -0.4 is 15.4 Å². The number of hydrogen-bond donors (Lipinski definition) is 3. The van der Waals surface area contributed by atoms with Crippen molar-refractivity contribution in [2.45, 2.75) is 32.9 Å². The fraction of sp³-hybridized carbons (Fsp3) is 0.533. The number of benzene rings is 1. The molecule has 124 valence electrons. The van der Waals surface area contributed by atoms with Gasteiger partial charge in [0.1, 0.15) is 0 Å². The van der Waals surface area contributed by atoms with Crippen molar-refractivity contribution >= 4 is 16.0 Å². The van der Waals surface area contributed by atoms with Crippen molar-refractivity contribution in [1.29, 1.82) is 0 Å². The van der Waals surface area contributed by atoms with E-state index in [1.165, 1.54) is 5.56 Å². The van der Waals surface area contributed by atoms with E-state index < -0.39 is 15.6 Å². The third-order valence-electron chi connectivity index (χ3n) is 2.96. The van der Waals surface area contributed by atoms with E-state index in [9.17, 15) is 8.42 Å². The second kappa shape index (κ2) is 7.60. The Morgan fingerprint density at radius 1 is 1.18 bits per heavy atom. The van der Waals surface area contributed by atoms with E-state index in [1.54, 1.807) is 7.05 Å². The Labute approximate surface area is 133 Å². The van der Waals surface area contributed by atoms with Gasteiger partial charge in [-0.1, -0.05) is 29.8 Å². The fourth-order valence-corrected chi connectivity index (χ4v) is 3.03. The summed E-state index contributed by atoms with van der Waals surface area (Å²) >= 11 is 0. The lowest BCUT2D eigenvalue weighted by Crippen LogP contribution is -2.52. The number of hydrogen-bond acceptors (Lipinski definition) is 3. The molecule has 7 heteroatoms. The van der Waals surface area contributed by atoms with Crippen LogP contribution in [0.1, 0.15) is 25.0 Å². The summed E-state index contributed by atoms with van der Waals surface area (Å²) in [5.41, 5.74) is 1.77. The van der Waals surface area contributed by atoms with Crippen molar-refractivity contribution < 1.29 is 8.42 Å². The second-order valence-corrected chi connectivity index (χ2v) is 7.77. The first-order valence-corrected chi connectivity index (χ1v) is 8.99. The van der Waals surface area contributed by atoms with Gasteiger partial charge in [0, 0.05) is 25.7 Å². The fourth-order valence-electron chi connectivity index (χ4n) is 1.95. The van der Waals surface area contributed by atoms with Crippen molar-refractivity contribution in [3.8, 4) is 0 Å². The first kappa shape index (κ1) is 18.4. The quantitative estimate of drug-likeness (QED) is 0.538. The van der Waals surface area contributed by atoms with Crippen LogP contribution in [0.5, 0.6) is 0 Å². The van der Waals surface area contributed by atoms with Crippen LogP contribution in [0.15, 0.2) is 29.3 Å². The van der Waals surface area contributed by atoms with E-state index in [2.05, 4.69) is 51.5 Å². The van der Waals surface area contributed by atoms with Gasteiger partial charge >= 0.3 is 0 Å². The maximum atomic E-state index is 11.3. The van der Waals surface area contributed by atoms with Crippen LogP contribution in [0.3, 0.4) is 0 Å². The van der Waals surface area contributed by atoms with Crippen LogP contribution in [-0.2, 0) is 16.6 Å². The topological polar surface area (TPSA) is 82.6 Å². The summed E-state index contributed by atoms with van der Waals surface area (Å²) in [6, 6.07) is 8.24. The van der Waals surface area contributed by atoms with Crippen LogP contribution in [0.25, 0.3) is 0 Å². The van der Waals surface area contributed by atoms with E-state index in [-0.39, 0.29) is 0 Å². The minimum absolute atomic E-state index is 0.424. The largest absolute Gasteiger partial charge is 0.355 e. The molecule has 0 atom stereocenters. The molecule has 6 nitrogen and oxygen atoms in total. The Morgan fingerprint density at radius 2 is 1.77 bits per heavy atom. The highest BCUT2D eigenvalue weighted by molar-refractivity contribution is 7.88. The molecule has 0 spiro atoms. The van der Waals surface area contributed by atoms with Crippen molar-refractivity contribution in [2.24, 2.45) is 4.99 Å². The summed E-state index contributed by atoms with van der Waals surface area (Å²) in [7, 11) is -1.56. The molecule has 1 aromatic carbocycles. The normalized spacial score (nSPS) is 13.0. The van der Waals surface area contributed by atoms with E-state index in [1.807, 2.05) is 13.8 Å². The number of rotatable bonds is 6. The summed E-state index contributed by atoms with van der Waals surface area (Å²) in [6.07, 6.45) is 1.15. The van der Waals surface area contributed by atoms with Crippen molar-refractivity contribution in [2.75, 3.05) is 19.8 Å². The van der Waals surface area contributed by atoms with Crippen LogP contribution in [0, 0.1) is 6.92 Å². The molecule has 0 aliphatic heterocycles. The van der Waals surface area contributed by atoms with Crippen molar-refractivity contribution in [3.63, 3.8) is 0 Å². The molecule has 0 unspecified atom stereocenters. The number of nitrogens with one attached hydrogen (secondary N) is 3. The van der Waals surface area contributed by atoms with Gasteiger partial charge in [-0.3, -0.25) is 4.99 Å². The maximum Gasteiger partial charge on any atom is 0.209 e. The number of guanidine groups is 1. The van der Waals surface area contributed by atoms with Gasteiger partial charge in [0.25, 0.3) is 0 Å². The Morgan fingerprint density at radius 3 is 2.27 bits per heavy atom. The average molecular weight is 326 g/mol. The third kappa shape index (κ3) is 7.42. The van der Waals surface area contributed by atoms with Crippen LogP contribution in [0.2, 0.25) is 0 Å². The zero-order chi connectivity index (χ0) is 16.8. The molecule has 0 saturated heterocycles. The third-order valence-corrected chi connectivity index (χ3v) is 3.89. The van der Waals surface area contributed by atoms with Gasteiger partial charge in [-0.2, -0.15) is 0 Å². The summed E-state index contributed by atoms with van der Waals surface area (Å²) in [5, 5.41) is 6.33. The van der Waals surface area contributed by atoms with Gasteiger partial charge < -0.3 is 10.6 Å². The standard InChI is InChI=1S/C15H26N4O2S/c1-12-6-8-13(9-7-12)10-17-14(16-4)18-11-15(2,3)19-22(5,20)21/h6-9,19H,10-11H2,1-5H3,(H2,16,17,18). The van der Waals surface area contributed by atoms with E-state index in [0.717, 1.165) is 11.8 Å². The van der Waals surface area contributed by atoms with Gasteiger partial charge in [-0.15, -0.1) is 0 Å². The van der Waals surface area contributed by atoms with Gasteiger partial charge in [0.15, 0.2) is 5.96 Å². The van der Waals surface area contributed by atoms with Gasteiger partial charge in [0.2, 0.25) is 10.0 Å². The van der Waals surface area contributed by atoms with E-state index in [4.69, 9.17) is 0 Å². The molecule has 3 N–H and O–H groups in total. The molecule has 0 aliphatic rings. The summed E-state index contributed by atoms with van der Waals surface area (Å²) in [6.45, 7) is 6.75. The molecule has 0 radical (unpaired) electrons. The molecule has 0 amide bonds.